The molecule has 1 aliphatic carbocycles. The first-order valence-corrected chi connectivity index (χ1v) is 10.8. The first kappa shape index (κ1) is 20.3. The van der Waals surface area contributed by atoms with E-state index in [4.69, 9.17) is 4.74 Å². The Balaban J connectivity index is 1.63. The van der Waals surface area contributed by atoms with E-state index in [-0.39, 0.29) is 27.9 Å². The van der Waals surface area contributed by atoms with Crippen molar-refractivity contribution in [2.24, 2.45) is 5.92 Å². The van der Waals surface area contributed by atoms with Gasteiger partial charge in [0.2, 0.25) is 5.91 Å². The second-order valence-electron chi connectivity index (χ2n) is 8.77. The molecule has 2 aliphatic rings. The van der Waals surface area contributed by atoms with E-state index in [1.54, 1.807) is 19.2 Å². The SMILES string of the molecule is C=CC(=O)N1CCC2(c3cccc(OC)c3)Cc3[nH]c4cc([N+](=O)[O-])ccc4c3CC2C1. The van der Waals surface area contributed by atoms with Crippen LogP contribution in [0.25, 0.3) is 10.9 Å². The standard InChI is InChI=1S/C25H25N3O4/c1-3-24(29)27-10-9-25(16-5-4-6-19(11-16)32-2)14-23-21(12-17(25)15-27)20-8-7-18(28(30)31)13-22(20)26-23/h3-8,11,13,17,26H,1,9-10,12,14-15H2,2H3. The van der Waals surface area contributed by atoms with Gasteiger partial charge in [0.1, 0.15) is 5.75 Å². The fourth-order valence-electron chi connectivity index (χ4n) is 5.67. The minimum atomic E-state index is -0.366. The van der Waals surface area contributed by atoms with E-state index in [0.717, 1.165) is 41.6 Å². The summed E-state index contributed by atoms with van der Waals surface area (Å²) in [6.45, 7) is 4.98. The summed E-state index contributed by atoms with van der Waals surface area (Å²) in [5, 5.41) is 12.3. The van der Waals surface area contributed by atoms with Crippen molar-refractivity contribution >= 4 is 22.5 Å². The topological polar surface area (TPSA) is 88.5 Å². The minimum Gasteiger partial charge on any atom is -0.497 e. The molecule has 7 nitrogen and oxygen atoms in total. The average Bonchev–Trinajstić information content (AvgIpc) is 3.17. The molecule has 32 heavy (non-hydrogen) atoms. The van der Waals surface area contributed by atoms with Crippen molar-refractivity contribution in [1.82, 2.24) is 9.88 Å². The third-order valence-corrected chi connectivity index (χ3v) is 7.31. The normalized spacial score (nSPS) is 22.2. The molecule has 164 valence electrons. The molecule has 2 atom stereocenters. The van der Waals surface area contributed by atoms with Gasteiger partial charge in [0.05, 0.1) is 17.5 Å². The molecule has 2 aromatic carbocycles. The van der Waals surface area contributed by atoms with Crippen LogP contribution in [0.3, 0.4) is 0 Å². The Morgan fingerprint density at radius 3 is 2.94 bits per heavy atom. The highest BCUT2D eigenvalue weighted by molar-refractivity contribution is 5.88. The largest absolute Gasteiger partial charge is 0.497 e. The lowest BCUT2D eigenvalue weighted by Gasteiger charge is -2.51. The fraction of sp³-hybridized carbons (Fsp3) is 0.320. The Bertz CT molecular complexity index is 1250. The van der Waals surface area contributed by atoms with Gasteiger partial charge in [-0.3, -0.25) is 14.9 Å². The van der Waals surface area contributed by atoms with Crippen LogP contribution in [0, 0.1) is 16.0 Å². The number of H-pyrrole nitrogens is 1. The molecule has 1 aliphatic heterocycles. The Labute approximate surface area is 185 Å². The van der Waals surface area contributed by atoms with Crippen molar-refractivity contribution in [3.8, 4) is 5.75 Å². The van der Waals surface area contributed by atoms with Gasteiger partial charge in [0.25, 0.3) is 5.69 Å². The Hall–Kier alpha value is -3.61. The van der Waals surface area contributed by atoms with Crippen LogP contribution in [0.5, 0.6) is 5.75 Å². The number of benzene rings is 2. The van der Waals surface area contributed by atoms with Crippen LogP contribution in [-0.2, 0) is 23.1 Å². The van der Waals surface area contributed by atoms with Crippen molar-refractivity contribution < 1.29 is 14.5 Å². The number of hydrogen-bond donors (Lipinski definition) is 1. The molecule has 0 bridgehead atoms. The molecular weight excluding hydrogens is 406 g/mol. The van der Waals surface area contributed by atoms with Crippen molar-refractivity contribution in [1.29, 1.82) is 0 Å². The number of methoxy groups -OCH3 is 1. The van der Waals surface area contributed by atoms with Crippen LogP contribution >= 0.6 is 0 Å². The summed E-state index contributed by atoms with van der Waals surface area (Å²) in [4.78, 5) is 28.7. The molecule has 0 saturated carbocycles. The number of nitrogens with zero attached hydrogens (tertiary/aromatic N) is 2. The van der Waals surface area contributed by atoms with E-state index in [9.17, 15) is 14.9 Å². The number of likely N-dealkylation sites (tertiary alicyclic amines) is 1. The molecule has 5 rings (SSSR count). The van der Waals surface area contributed by atoms with Crippen molar-refractivity contribution in [3.63, 3.8) is 0 Å². The van der Waals surface area contributed by atoms with Gasteiger partial charge in [-0.2, -0.15) is 0 Å². The summed E-state index contributed by atoms with van der Waals surface area (Å²) < 4.78 is 5.50. The molecule has 3 aromatic rings. The van der Waals surface area contributed by atoms with Gasteiger partial charge in [0.15, 0.2) is 0 Å². The van der Waals surface area contributed by atoms with Gasteiger partial charge < -0.3 is 14.6 Å². The number of nitrogens with one attached hydrogen (secondary N) is 1. The molecule has 1 N–H and O–H groups in total. The molecule has 1 saturated heterocycles. The van der Waals surface area contributed by atoms with Crippen molar-refractivity contribution in [3.05, 3.63) is 82.1 Å². The number of hydrogen-bond acceptors (Lipinski definition) is 4. The highest BCUT2D eigenvalue weighted by Crippen LogP contribution is 2.49. The fourth-order valence-corrected chi connectivity index (χ4v) is 5.67. The third-order valence-electron chi connectivity index (χ3n) is 7.31. The lowest BCUT2D eigenvalue weighted by molar-refractivity contribution is -0.384. The van der Waals surface area contributed by atoms with Gasteiger partial charge in [-0.05, 0) is 60.6 Å². The summed E-state index contributed by atoms with van der Waals surface area (Å²) >= 11 is 0. The molecule has 1 amide bonds. The van der Waals surface area contributed by atoms with Crippen LogP contribution in [0.4, 0.5) is 5.69 Å². The summed E-state index contributed by atoms with van der Waals surface area (Å²) in [5.41, 5.74) is 4.27. The maximum absolute atomic E-state index is 12.4. The highest BCUT2D eigenvalue weighted by atomic mass is 16.6. The second kappa shape index (κ2) is 7.51. The first-order valence-electron chi connectivity index (χ1n) is 10.8. The molecule has 0 spiro atoms. The second-order valence-corrected chi connectivity index (χ2v) is 8.77. The zero-order chi connectivity index (χ0) is 22.5. The quantitative estimate of drug-likeness (QED) is 0.382. The Morgan fingerprint density at radius 2 is 2.19 bits per heavy atom. The molecule has 1 aromatic heterocycles. The van der Waals surface area contributed by atoms with Crippen molar-refractivity contribution in [2.45, 2.75) is 24.7 Å². The number of ether oxygens (including phenoxy) is 1. The zero-order valence-corrected chi connectivity index (χ0v) is 18.0. The number of nitro groups is 1. The lowest BCUT2D eigenvalue weighted by Crippen LogP contribution is -2.54. The van der Waals surface area contributed by atoms with Crippen LogP contribution in [0.2, 0.25) is 0 Å². The number of rotatable bonds is 4. The average molecular weight is 431 g/mol. The van der Waals surface area contributed by atoms with E-state index in [2.05, 4.69) is 23.7 Å². The number of carbonyl (C=O) groups is 1. The number of non-ortho nitro benzene ring substituents is 1. The molecule has 0 radical (unpaired) electrons. The summed E-state index contributed by atoms with van der Waals surface area (Å²) in [7, 11) is 1.67. The molecule has 7 heteroatoms. The van der Waals surface area contributed by atoms with E-state index in [0.29, 0.717) is 13.1 Å². The number of carbonyl (C=O) groups excluding carboxylic acids is 1. The lowest BCUT2D eigenvalue weighted by atomic mass is 9.58. The van der Waals surface area contributed by atoms with Gasteiger partial charge in [-0.15, -0.1) is 0 Å². The monoisotopic (exact) mass is 431 g/mol. The smallest absolute Gasteiger partial charge is 0.271 e. The molecule has 2 heterocycles. The Morgan fingerprint density at radius 1 is 1.34 bits per heavy atom. The maximum Gasteiger partial charge on any atom is 0.271 e. The maximum atomic E-state index is 12.4. The van der Waals surface area contributed by atoms with E-state index in [1.165, 1.54) is 17.2 Å². The van der Waals surface area contributed by atoms with Crippen LogP contribution < -0.4 is 4.74 Å². The van der Waals surface area contributed by atoms with Gasteiger partial charge in [-0.25, -0.2) is 0 Å². The number of fused-ring (bicyclic) bond motifs is 4. The molecular formula is C25H25N3O4. The van der Waals surface area contributed by atoms with Gasteiger partial charge >= 0.3 is 0 Å². The van der Waals surface area contributed by atoms with E-state index < -0.39 is 0 Å². The number of piperidine rings is 1. The first-order chi connectivity index (χ1) is 15.4. The van der Waals surface area contributed by atoms with Gasteiger partial charge in [0, 0.05) is 41.7 Å². The predicted octanol–water partition coefficient (Wildman–Crippen LogP) is 4.16. The van der Waals surface area contributed by atoms with Crippen molar-refractivity contribution in [2.75, 3.05) is 20.2 Å². The third kappa shape index (κ3) is 3.07. The molecule has 2 unspecified atom stereocenters. The summed E-state index contributed by atoms with van der Waals surface area (Å²) in [6, 6.07) is 13.2. The zero-order valence-electron chi connectivity index (χ0n) is 18.0. The highest BCUT2D eigenvalue weighted by Gasteiger charge is 2.48. The van der Waals surface area contributed by atoms with Crippen LogP contribution in [-0.4, -0.2) is 40.9 Å². The summed E-state index contributed by atoms with van der Waals surface area (Å²) in [5.74, 6) is 0.997. The Kier molecular flexibility index (Phi) is 4.77. The number of aromatic nitrogens is 1. The number of aromatic amines is 1. The predicted molar refractivity (Wildman–Crippen MR) is 122 cm³/mol. The minimum absolute atomic E-state index is 0.0374. The van der Waals surface area contributed by atoms with Crippen LogP contribution in [0.15, 0.2) is 55.1 Å². The van der Waals surface area contributed by atoms with E-state index >= 15 is 0 Å². The van der Waals surface area contributed by atoms with Crippen LogP contribution in [0.1, 0.15) is 23.2 Å². The number of nitro benzene ring substituents is 1. The van der Waals surface area contributed by atoms with Gasteiger partial charge in [-0.1, -0.05) is 18.7 Å². The molecule has 1 fully saturated rings. The number of amides is 1. The van der Waals surface area contributed by atoms with E-state index in [1.807, 2.05) is 23.1 Å². The summed E-state index contributed by atoms with van der Waals surface area (Å²) in [6.07, 6.45) is 3.81.